The number of primary amides is 1. The predicted octanol–water partition coefficient (Wildman–Crippen LogP) is 3.06. The van der Waals surface area contributed by atoms with Crippen LogP contribution in [0.25, 0.3) is 21.8 Å². The number of fused-ring (bicyclic) bond motifs is 3. The maximum Gasteiger partial charge on any atom is 0.341 e. The zero-order valence-corrected chi connectivity index (χ0v) is 16.4. The van der Waals surface area contributed by atoms with E-state index in [-0.39, 0.29) is 6.04 Å². The Bertz CT molecular complexity index is 1080. The van der Waals surface area contributed by atoms with Gasteiger partial charge in [0.15, 0.2) is 6.61 Å². The molecule has 4 rings (SSSR count). The molecule has 2 unspecified atom stereocenters. The Morgan fingerprint density at radius 2 is 1.93 bits per heavy atom. The topological polar surface area (TPSA) is 107 Å². The number of nitrogens with one attached hydrogen (secondary N) is 1. The average molecular weight is 395 g/mol. The van der Waals surface area contributed by atoms with Gasteiger partial charge in [-0.2, -0.15) is 0 Å². The highest BCUT2D eigenvalue weighted by Gasteiger charge is 2.27. The summed E-state index contributed by atoms with van der Waals surface area (Å²) in [6.07, 6.45) is 3.43. The van der Waals surface area contributed by atoms with Crippen LogP contribution in [-0.2, 0) is 4.79 Å². The normalized spacial score (nSPS) is 18.0. The third kappa shape index (κ3) is 3.42. The maximum atomic E-state index is 12.2. The van der Waals surface area contributed by atoms with Gasteiger partial charge in [-0.15, -0.1) is 0 Å². The predicted molar refractivity (Wildman–Crippen MR) is 111 cm³/mol. The van der Waals surface area contributed by atoms with E-state index >= 15 is 0 Å². The summed E-state index contributed by atoms with van der Waals surface area (Å²) in [6.45, 7) is 2.71. The molecule has 1 aromatic heterocycles. The lowest BCUT2D eigenvalue weighted by molar-refractivity contribution is -0.139. The molecule has 29 heavy (non-hydrogen) atoms. The van der Waals surface area contributed by atoms with E-state index in [0.29, 0.717) is 22.7 Å². The summed E-state index contributed by atoms with van der Waals surface area (Å²) in [4.78, 5) is 23.2. The minimum Gasteiger partial charge on any atom is -0.481 e. The molecule has 1 amide bonds. The lowest BCUT2D eigenvalue weighted by Gasteiger charge is -2.31. The molecule has 0 bridgehead atoms. The Kier molecular flexibility index (Phi) is 5.15. The van der Waals surface area contributed by atoms with Crippen LogP contribution in [0.2, 0.25) is 0 Å². The van der Waals surface area contributed by atoms with Gasteiger partial charge in [-0.1, -0.05) is 18.6 Å². The molecule has 152 valence electrons. The number of carboxylic acid groups (broad SMARTS) is 1. The first kappa shape index (κ1) is 19.3. The van der Waals surface area contributed by atoms with Crippen molar-refractivity contribution in [2.75, 3.05) is 13.2 Å². The zero-order valence-electron chi connectivity index (χ0n) is 16.4. The Labute approximate surface area is 168 Å². The first-order valence-corrected chi connectivity index (χ1v) is 9.92. The van der Waals surface area contributed by atoms with Gasteiger partial charge in [0.2, 0.25) is 5.91 Å². The Hall–Kier alpha value is -3.06. The number of amides is 1. The second-order valence-corrected chi connectivity index (χ2v) is 7.56. The smallest absolute Gasteiger partial charge is 0.341 e. The van der Waals surface area contributed by atoms with E-state index in [1.54, 1.807) is 12.1 Å². The Morgan fingerprint density at radius 3 is 2.59 bits per heavy atom. The summed E-state index contributed by atoms with van der Waals surface area (Å²) in [5.74, 6) is -1.14. The number of benzene rings is 2. The molecule has 1 saturated heterocycles. The van der Waals surface area contributed by atoms with Crippen molar-refractivity contribution in [2.45, 2.75) is 38.3 Å². The molecule has 7 nitrogen and oxygen atoms in total. The number of carbonyl (C=O) groups is 2. The minimum absolute atomic E-state index is 0.133. The van der Waals surface area contributed by atoms with Crippen LogP contribution in [0.4, 0.5) is 0 Å². The Morgan fingerprint density at radius 1 is 1.21 bits per heavy atom. The van der Waals surface area contributed by atoms with Crippen molar-refractivity contribution in [3.63, 3.8) is 0 Å². The molecule has 1 aliphatic rings. The maximum absolute atomic E-state index is 12.2. The van der Waals surface area contributed by atoms with Gasteiger partial charge < -0.3 is 25.5 Å². The van der Waals surface area contributed by atoms with E-state index in [1.807, 2.05) is 24.3 Å². The summed E-state index contributed by atoms with van der Waals surface area (Å²) in [6, 6.07) is 11.5. The number of hydrogen-bond acceptors (Lipinski definition) is 4. The first-order chi connectivity index (χ1) is 14.0. The van der Waals surface area contributed by atoms with Crippen molar-refractivity contribution in [1.82, 2.24) is 9.88 Å². The first-order valence-electron chi connectivity index (χ1n) is 9.92. The second kappa shape index (κ2) is 7.75. The number of aromatic nitrogens is 1. The van der Waals surface area contributed by atoms with Crippen LogP contribution in [0.1, 0.15) is 42.6 Å². The van der Waals surface area contributed by atoms with Gasteiger partial charge >= 0.3 is 5.97 Å². The van der Waals surface area contributed by atoms with Gasteiger partial charge in [-0.3, -0.25) is 4.79 Å². The van der Waals surface area contributed by atoms with Crippen molar-refractivity contribution in [3.8, 4) is 5.75 Å². The molecule has 2 heterocycles. The molecule has 2 aromatic carbocycles. The number of carboxylic acids is 1. The fraction of sp³-hybridized carbons (Fsp3) is 0.364. The SMILES string of the molecule is CC(C1CCCCN1)n1c2cccc(OCC(=O)O)c2c2c(C(N)=O)cccc21. The fourth-order valence-corrected chi connectivity index (χ4v) is 4.48. The van der Waals surface area contributed by atoms with Gasteiger partial charge in [0.25, 0.3) is 0 Å². The van der Waals surface area contributed by atoms with Crippen LogP contribution >= 0.6 is 0 Å². The number of aliphatic carboxylic acids is 1. The number of rotatable bonds is 6. The zero-order chi connectivity index (χ0) is 20.5. The van der Waals surface area contributed by atoms with E-state index in [0.717, 1.165) is 29.4 Å². The average Bonchev–Trinajstić information content (AvgIpc) is 3.07. The monoisotopic (exact) mass is 395 g/mol. The summed E-state index contributed by atoms with van der Waals surface area (Å²) in [5.41, 5.74) is 7.87. The van der Waals surface area contributed by atoms with E-state index in [1.165, 1.54) is 12.8 Å². The molecule has 0 aliphatic carbocycles. The van der Waals surface area contributed by atoms with Gasteiger partial charge in [0.1, 0.15) is 5.75 Å². The molecule has 0 radical (unpaired) electrons. The molecule has 3 aromatic rings. The highest BCUT2D eigenvalue weighted by atomic mass is 16.5. The summed E-state index contributed by atoms with van der Waals surface area (Å²) in [7, 11) is 0. The summed E-state index contributed by atoms with van der Waals surface area (Å²) < 4.78 is 7.80. The number of ether oxygens (including phenoxy) is 1. The summed E-state index contributed by atoms with van der Waals surface area (Å²) >= 11 is 0. The van der Waals surface area contributed by atoms with E-state index < -0.39 is 18.5 Å². The van der Waals surface area contributed by atoms with Crippen molar-refractivity contribution < 1.29 is 19.4 Å². The van der Waals surface area contributed by atoms with Crippen LogP contribution in [0, 0.1) is 0 Å². The lowest BCUT2D eigenvalue weighted by Crippen LogP contribution is -2.39. The van der Waals surface area contributed by atoms with Crippen LogP contribution in [0.5, 0.6) is 5.75 Å². The molecule has 7 heteroatoms. The van der Waals surface area contributed by atoms with Gasteiger partial charge in [0, 0.05) is 23.0 Å². The molecular formula is C22H25N3O4. The van der Waals surface area contributed by atoms with Crippen molar-refractivity contribution in [3.05, 3.63) is 42.0 Å². The number of piperidine rings is 1. The van der Waals surface area contributed by atoms with Crippen LogP contribution < -0.4 is 15.8 Å². The van der Waals surface area contributed by atoms with Crippen molar-refractivity contribution in [1.29, 1.82) is 0 Å². The Balaban J connectivity index is 1.99. The van der Waals surface area contributed by atoms with Crippen LogP contribution in [-0.4, -0.2) is 40.7 Å². The number of hydrogen-bond donors (Lipinski definition) is 3. The standard InChI is InChI=1S/C22H25N3O4/c1-13(15-7-2-3-11-24-15)25-16-8-4-6-14(22(23)28)20(16)21-17(25)9-5-10-18(21)29-12-19(26)27/h4-6,8-10,13,15,24H,2-3,7,11-12H2,1H3,(H2,23,28)(H,26,27). The fourth-order valence-electron chi connectivity index (χ4n) is 4.48. The van der Waals surface area contributed by atoms with Crippen LogP contribution in [0.3, 0.4) is 0 Å². The molecule has 0 spiro atoms. The quantitative estimate of drug-likeness (QED) is 0.595. The number of carbonyl (C=O) groups excluding carboxylic acids is 1. The third-order valence-corrected chi connectivity index (χ3v) is 5.77. The third-order valence-electron chi connectivity index (χ3n) is 5.77. The lowest BCUT2D eigenvalue weighted by atomic mass is 9.98. The van der Waals surface area contributed by atoms with E-state index in [4.69, 9.17) is 15.6 Å². The molecule has 1 fully saturated rings. The molecular weight excluding hydrogens is 370 g/mol. The number of nitrogens with zero attached hydrogens (tertiary/aromatic N) is 1. The molecule has 1 aliphatic heterocycles. The molecule has 2 atom stereocenters. The van der Waals surface area contributed by atoms with Crippen molar-refractivity contribution >= 4 is 33.7 Å². The molecule has 4 N–H and O–H groups in total. The van der Waals surface area contributed by atoms with Gasteiger partial charge in [-0.25, -0.2) is 4.79 Å². The van der Waals surface area contributed by atoms with E-state index in [9.17, 15) is 9.59 Å². The van der Waals surface area contributed by atoms with Crippen LogP contribution in [0.15, 0.2) is 36.4 Å². The second-order valence-electron chi connectivity index (χ2n) is 7.56. The van der Waals surface area contributed by atoms with Gasteiger partial charge in [0.05, 0.1) is 16.4 Å². The summed E-state index contributed by atoms with van der Waals surface area (Å²) in [5, 5.41) is 14.1. The van der Waals surface area contributed by atoms with Crippen molar-refractivity contribution in [2.24, 2.45) is 5.73 Å². The molecule has 0 saturated carbocycles. The van der Waals surface area contributed by atoms with Gasteiger partial charge in [-0.05, 0) is 50.6 Å². The highest BCUT2D eigenvalue weighted by molar-refractivity contribution is 6.19. The number of nitrogens with two attached hydrogens (primary N) is 1. The van der Waals surface area contributed by atoms with E-state index in [2.05, 4.69) is 16.8 Å². The highest BCUT2D eigenvalue weighted by Crippen LogP contribution is 2.40. The largest absolute Gasteiger partial charge is 0.481 e. The minimum atomic E-state index is -1.05.